The van der Waals surface area contributed by atoms with Gasteiger partial charge in [-0.2, -0.15) is 0 Å². The van der Waals surface area contributed by atoms with Gasteiger partial charge in [0.15, 0.2) is 0 Å². The van der Waals surface area contributed by atoms with Gasteiger partial charge >= 0.3 is 28.7 Å². The number of hydrogen-bond donors (Lipinski definition) is 0. The minimum atomic E-state index is -0.204. The van der Waals surface area contributed by atoms with Gasteiger partial charge < -0.3 is 0 Å². The molecular weight excluding hydrogens is 202 g/mol. The molecule has 0 saturated carbocycles. The fourth-order valence-corrected chi connectivity index (χ4v) is 0. The van der Waals surface area contributed by atoms with E-state index in [1.807, 2.05) is 13.8 Å². The Morgan fingerprint density at radius 2 is 1.25 bits per heavy atom. The predicted octanol–water partition coefficient (Wildman–Crippen LogP) is 3.13. The molecule has 0 saturated heterocycles. The van der Waals surface area contributed by atoms with Crippen LogP contribution in [0.25, 0.3) is 0 Å². The second kappa shape index (κ2) is 8.58. The fourth-order valence-electron chi connectivity index (χ4n) is 0. The Balaban J connectivity index is 0. The molecule has 0 atom stereocenters. The molecule has 0 nitrogen and oxygen atoms in total. The van der Waals surface area contributed by atoms with Gasteiger partial charge in [0.25, 0.3) is 0 Å². The Labute approximate surface area is 76.2 Å². The van der Waals surface area contributed by atoms with Gasteiger partial charge in [-0.05, 0) is 5.92 Å². The van der Waals surface area contributed by atoms with E-state index >= 15 is 0 Å². The summed E-state index contributed by atoms with van der Waals surface area (Å²) in [5.74, 6) is 0.383. The molecule has 0 radical (unpaired) electrons. The van der Waals surface area contributed by atoms with E-state index in [2.05, 4.69) is 9.30 Å². The molecule has 0 unspecified atom stereocenters. The van der Waals surface area contributed by atoms with Gasteiger partial charge in [0.2, 0.25) is 0 Å². The first-order chi connectivity index (χ1) is 3.64. The molecule has 0 bridgehead atoms. The summed E-state index contributed by atoms with van der Waals surface area (Å²) >= 11 is 12.2. The van der Waals surface area contributed by atoms with Gasteiger partial charge in [0, 0.05) is 0 Å². The molecule has 0 aromatic carbocycles. The second-order valence-electron chi connectivity index (χ2n) is 1.58. The molecule has 0 amide bonds. The average Bonchev–Trinajstić information content (AvgIpc) is 1.72. The first-order valence-electron chi connectivity index (χ1n) is 2.11. The standard InChI is InChI=1S/C4H8Cl2.ClH.Ti/c1-3(2)4(5)6;;/h3-4H,1-2H3;1H;/q;;+1/p-1. The molecule has 0 N–H and O–H groups in total. The Morgan fingerprint density at radius 1 is 1.12 bits per heavy atom. The monoisotopic (exact) mass is 209 g/mol. The van der Waals surface area contributed by atoms with Gasteiger partial charge in [-0.3, -0.25) is 0 Å². The zero-order valence-corrected chi connectivity index (χ0v) is 8.62. The molecule has 0 aromatic rings. The number of halogens is 3. The molecule has 0 aliphatic rings. The molecule has 0 fully saturated rings. The van der Waals surface area contributed by atoms with Gasteiger partial charge in [0.05, 0.1) is 0 Å². The van der Waals surface area contributed by atoms with Gasteiger partial charge in [-0.25, -0.2) is 0 Å². The van der Waals surface area contributed by atoms with Crippen molar-refractivity contribution in [3.05, 3.63) is 0 Å². The number of rotatable bonds is 1. The minimum absolute atomic E-state index is 0.204. The molecule has 0 aliphatic carbocycles. The molecule has 0 rings (SSSR count). The van der Waals surface area contributed by atoms with E-state index < -0.39 is 0 Å². The van der Waals surface area contributed by atoms with Crippen molar-refractivity contribution in [1.82, 2.24) is 0 Å². The van der Waals surface area contributed by atoms with E-state index in [9.17, 15) is 0 Å². The van der Waals surface area contributed by atoms with Gasteiger partial charge in [-0.1, -0.05) is 13.8 Å². The van der Waals surface area contributed by atoms with Crippen LogP contribution in [0.15, 0.2) is 0 Å². The average molecular weight is 210 g/mol. The van der Waals surface area contributed by atoms with Crippen LogP contribution in [-0.2, 0) is 19.4 Å². The van der Waals surface area contributed by atoms with Crippen LogP contribution < -0.4 is 0 Å². The van der Waals surface area contributed by atoms with Crippen LogP contribution in [0.5, 0.6) is 0 Å². The summed E-state index contributed by atoms with van der Waals surface area (Å²) in [5.41, 5.74) is 0. The van der Waals surface area contributed by atoms with Crippen molar-refractivity contribution in [3.8, 4) is 0 Å². The first-order valence-corrected chi connectivity index (χ1v) is 5.13. The second-order valence-corrected chi connectivity index (χ2v) is 2.74. The maximum atomic E-state index is 5.38. The van der Waals surface area contributed by atoms with E-state index in [0.717, 1.165) is 0 Å². The zero-order valence-electron chi connectivity index (χ0n) is 4.79. The van der Waals surface area contributed by atoms with Crippen molar-refractivity contribution in [2.24, 2.45) is 5.92 Å². The maximum absolute atomic E-state index is 5.38. The van der Waals surface area contributed by atoms with Crippen LogP contribution in [-0.4, -0.2) is 4.84 Å². The van der Waals surface area contributed by atoms with Crippen molar-refractivity contribution in [2.45, 2.75) is 18.7 Å². The Morgan fingerprint density at radius 3 is 1.25 bits per heavy atom. The van der Waals surface area contributed by atoms with Crippen LogP contribution in [0, 0.1) is 5.92 Å². The van der Waals surface area contributed by atoms with Crippen LogP contribution in [0.1, 0.15) is 13.8 Å². The fraction of sp³-hybridized carbons (Fsp3) is 1.00. The van der Waals surface area contributed by atoms with Crippen molar-refractivity contribution >= 4 is 32.5 Å². The van der Waals surface area contributed by atoms with E-state index in [0.29, 0.717) is 5.92 Å². The molecule has 0 aromatic heterocycles. The molecular formula is C4H8Cl3Ti. The van der Waals surface area contributed by atoms with E-state index in [4.69, 9.17) is 23.2 Å². The summed E-state index contributed by atoms with van der Waals surface area (Å²) < 4.78 is 0. The topological polar surface area (TPSA) is 0 Å². The van der Waals surface area contributed by atoms with Crippen LogP contribution in [0.3, 0.4) is 0 Å². The van der Waals surface area contributed by atoms with Crippen molar-refractivity contribution < 1.29 is 19.4 Å². The normalized spacial score (nSPS) is 8.75. The Bertz CT molecular complexity index is 32.3. The summed E-state index contributed by atoms with van der Waals surface area (Å²) in [6.07, 6.45) is 0. The van der Waals surface area contributed by atoms with Crippen molar-refractivity contribution in [3.63, 3.8) is 0 Å². The third kappa shape index (κ3) is 10.5. The van der Waals surface area contributed by atoms with Crippen LogP contribution >= 0.6 is 32.5 Å². The van der Waals surface area contributed by atoms with Crippen molar-refractivity contribution in [1.29, 1.82) is 0 Å². The Kier molecular flexibility index (Phi) is 13.2. The summed E-state index contributed by atoms with van der Waals surface area (Å²) in [4.78, 5) is -0.204. The van der Waals surface area contributed by atoms with Crippen LogP contribution in [0.2, 0.25) is 0 Å². The number of alkyl halides is 2. The third-order valence-electron chi connectivity index (χ3n) is 0.504. The molecule has 0 aliphatic heterocycles. The summed E-state index contributed by atoms with van der Waals surface area (Å²) in [6, 6.07) is 0. The predicted molar refractivity (Wildman–Crippen MR) is 36.2 cm³/mol. The molecule has 49 valence electrons. The SMILES string of the molecule is CC(C)C(Cl)Cl.[Cl][Ti]. The molecule has 4 heteroatoms. The summed E-state index contributed by atoms with van der Waals surface area (Å²) in [5, 5.41) is 0. The van der Waals surface area contributed by atoms with Crippen molar-refractivity contribution in [2.75, 3.05) is 0 Å². The molecule has 8 heavy (non-hydrogen) atoms. The quantitative estimate of drug-likeness (QED) is 0.461. The third-order valence-corrected chi connectivity index (χ3v) is 1.51. The zero-order chi connectivity index (χ0) is 7.15. The van der Waals surface area contributed by atoms with Gasteiger partial charge in [-0.15, -0.1) is 23.2 Å². The van der Waals surface area contributed by atoms with Crippen LogP contribution in [0.4, 0.5) is 0 Å². The van der Waals surface area contributed by atoms with E-state index in [-0.39, 0.29) is 4.84 Å². The number of hydrogen-bond acceptors (Lipinski definition) is 0. The Hall–Kier alpha value is 1.58. The van der Waals surface area contributed by atoms with E-state index in [1.54, 1.807) is 0 Å². The first kappa shape index (κ1) is 12.3. The van der Waals surface area contributed by atoms with Gasteiger partial charge in [0.1, 0.15) is 4.84 Å². The summed E-state index contributed by atoms with van der Waals surface area (Å²) in [7, 11) is 4.64. The summed E-state index contributed by atoms with van der Waals surface area (Å²) in [6.45, 7) is 3.95. The molecule has 0 heterocycles. The molecule has 0 spiro atoms. The van der Waals surface area contributed by atoms with E-state index in [1.165, 1.54) is 19.4 Å².